The highest BCUT2D eigenvalue weighted by Gasteiger charge is 2.24. The molecule has 0 bridgehead atoms. The van der Waals surface area contributed by atoms with Gasteiger partial charge in [-0.3, -0.25) is 4.79 Å². The van der Waals surface area contributed by atoms with E-state index in [1.54, 1.807) is 11.8 Å². The highest BCUT2D eigenvalue weighted by atomic mass is 32.2. The number of benzene rings is 2. The second kappa shape index (κ2) is 11.3. The maximum Gasteiger partial charge on any atom is 0.408 e. The van der Waals surface area contributed by atoms with Crippen molar-refractivity contribution in [3.05, 3.63) is 66.2 Å². The Morgan fingerprint density at radius 1 is 1.00 bits per heavy atom. The molecule has 0 aliphatic carbocycles. The number of thioether (sulfide) groups is 1. The fourth-order valence-electron chi connectivity index (χ4n) is 2.40. The lowest BCUT2D eigenvalue weighted by molar-refractivity contribution is -0.123. The summed E-state index contributed by atoms with van der Waals surface area (Å²) in [5.41, 5.74) is 0.899. The van der Waals surface area contributed by atoms with Crippen LogP contribution in [0, 0.1) is 5.92 Å². The molecular weight excluding hydrogens is 360 g/mol. The van der Waals surface area contributed by atoms with Crippen LogP contribution in [0.15, 0.2) is 65.6 Å². The van der Waals surface area contributed by atoms with Gasteiger partial charge in [-0.05, 0) is 23.6 Å². The minimum atomic E-state index is -0.630. The zero-order valence-electron chi connectivity index (χ0n) is 15.7. The number of hydrogen-bond acceptors (Lipinski definition) is 4. The Bertz CT molecular complexity index is 708. The first-order chi connectivity index (χ1) is 13.1. The summed E-state index contributed by atoms with van der Waals surface area (Å²) in [5.74, 6) is 0.519. The fraction of sp³-hybridized carbons (Fsp3) is 0.333. The van der Waals surface area contributed by atoms with Gasteiger partial charge in [0, 0.05) is 17.2 Å². The zero-order valence-corrected chi connectivity index (χ0v) is 16.5. The van der Waals surface area contributed by atoms with Crippen molar-refractivity contribution in [2.45, 2.75) is 31.4 Å². The van der Waals surface area contributed by atoms with Gasteiger partial charge in [0.25, 0.3) is 0 Å². The van der Waals surface area contributed by atoms with Crippen LogP contribution in [-0.2, 0) is 16.1 Å². The summed E-state index contributed by atoms with van der Waals surface area (Å²) in [6.07, 6.45) is -0.591. The molecule has 2 aromatic carbocycles. The van der Waals surface area contributed by atoms with Gasteiger partial charge in [-0.15, -0.1) is 11.8 Å². The van der Waals surface area contributed by atoms with Gasteiger partial charge in [0.2, 0.25) is 5.91 Å². The number of ether oxygens (including phenoxy) is 1. The molecule has 0 saturated carbocycles. The maximum absolute atomic E-state index is 12.4. The monoisotopic (exact) mass is 386 g/mol. The highest BCUT2D eigenvalue weighted by molar-refractivity contribution is 7.99. The minimum absolute atomic E-state index is 0.0453. The molecule has 27 heavy (non-hydrogen) atoms. The molecule has 6 heteroatoms. The minimum Gasteiger partial charge on any atom is -0.445 e. The predicted octanol–water partition coefficient (Wildman–Crippen LogP) is 3.85. The molecule has 2 aromatic rings. The van der Waals surface area contributed by atoms with Crippen LogP contribution in [0.1, 0.15) is 19.4 Å². The third kappa shape index (κ3) is 7.74. The van der Waals surface area contributed by atoms with Crippen LogP contribution in [-0.4, -0.2) is 30.3 Å². The van der Waals surface area contributed by atoms with E-state index in [4.69, 9.17) is 4.74 Å². The van der Waals surface area contributed by atoms with E-state index in [1.807, 2.05) is 74.5 Å². The quantitative estimate of drug-likeness (QED) is 0.507. The molecule has 0 unspecified atom stereocenters. The molecule has 5 nitrogen and oxygen atoms in total. The van der Waals surface area contributed by atoms with Crippen LogP contribution in [0.4, 0.5) is 4.79 Å². The Kier molecular flexibility index (Phi) is 8.71. The largest absolute Gasteiger partial charge is 0.445 e. The smallest absolute Gasteiger partial charge is 0.408 e. The highest BCUT2D eigenvalue weighted by Crippen LogP contribution is 2.15. The second-order valence-corrected chi connectivity index (χ2v) is 7.55. The number of hydrogen-bond donors (Lipinski definition) is 2. The van der Waals surface area contributed by atoms with Gasteiger partial charge in [0.05, 0.1) is 0 Å². The first-order valence-electron chi connectivity index (χ1n) is 8.99. The molecule has 2 amide bonds. The van der Waals surface area contributed by atoms with Crippen LogP contribution < -0.4 is 10.6 Å². The van der Waals surface area contributed by atoms with Gasteiger partial charge in [0.15, 0.2) is 0 Å². The molecule has 0 spiro atoms. The van der Waals surface area contributed by atoms with E-state index in [9.17, 15) is 9.59 Å². The molecule has 0 saturated heterocycles. The number of carbonyl (C=O) groups excluding carboxylic acids is 2. The van der Waals surface area contributed by atoms with Crippen molar-refractivity contribution in [3.63, 3.8) is 0 Å². The average molecular weight is 387 g/mol. The summed E-state index contributed by atoms with van der Waals surface area (Å²) < 4.78 is 5.21. The number of carbonyl (C=O) groups is 2. The third-order valence-corrected chi connectivity index (χ3v) is 4.86. The van der Waals surface area contributed by atoms with Gasteiger partial charge in [-0.2, -0.15) is 0 Å². The second-order valence-electron chi connectivity index (χ2n) is 6.38. The number of nitrogens with one attached hydrogen (secondary N) is 2. The van der Waals surface area contributed by atoms with E-state index in [-0.39, 0.29) is 18.4 Å². The van der Waals surface area contributed by atoms with E-state index in [1.165, 1.54) is 0 Å². The lowest BCUT2D eigenvalue weighted by atomic mass is 10.0. The van der Waals surface area contributed by atoms with Gasteiger partial charge >= 0.3 is 6.09 Å². The standard InChI is InChI=1S/C21H26N2O3S/c1-16(2)19(23-21(25)26-15-17-9-5-3-6-10-17)20(24)22-13-14-27-18-11-7-4-8-12-18/h3-12,16,19H,13-15H2,1-2H3,(H,22,24)(H,23,25)/t19-/m0/s1. The molecule has 2 N–H and O–H groups in total. The molecule has 0 aliphatic heterocycles. The number of alkyl carbamates (subject to hydrolysis) is 1. The van der Waals surface area contributed by atoms with Crippen molar-refractivity contribution in [3.8, 4) is 0 Å². The topological polar surface area (TPSA) is 67.4 Å². The summed E-state index contributed by atoms with van der Waals surface area (Å²) in [7, 11) is 0. The number of rotatable bonds is 9. The van der Waals surface area contributed by atoms with E-state index in [2.05, 4.69) is 10.6 Å². The average Bonchev–Trinajstić information content (AvgIpc) is 2.69. The van der Waals surface area contributed by atoms with E-state index in [0.29, 0.717) is 6.54 Å². The summed E-state index contributed by atoms with van der Waals surface area (Å²) in [4.78, 5) is 25.6. The Balaban J connectivity index is 1.74. The summed E-state index contributed by atoms with van der Waals surface area (Å²) >= 11 is 1.68. The maximum atomic E-state index is 12.4. The molecule has 0 heterocycles. The van der Waals surface area contributed by atoms with E-state index < -0.39 is 12.1 Å². The SMILES string of the molecule is CC(C)[C@H](NC(=O)OCc1ccccc1)C(=O)NCCSc1ccccc1. The fourth-order valence-corrected chi connectivity index (χ4v) is 3.19. The van der Waals surface area contributed by atoms with E-state index in [0.717, 1.165) is 16.2 Å². The Hall–Kier alpha value is -2.47. The van der Waals surface area contributed by atoms with Gasteiger partial charge in [-0.1, -0.05) is 62.4 Å². The molecule has 2 rings (SSSR count). The lowest BCUT2D eigenvalue weighted by Gasteiger charge is -2.21. The Morgan fingerprint density at radius 3 is 2.26 bits per heavy atom. The van der Waals surface area contributed by atoms with E-state index >= 15 is 0 Å². The van der Waals surface area contributed by atoms with Crippen molar-refractivity contribution in [1.82, 2.24) is 10.6 Å². The van der Waals surface area contributed by atoms with Gasteiger partial charge in [-0.25, -0.2) is 4.79 Å². The molecule has 144 valence electrons. The van der Waals surface area contributed by atoms with Crippen LogP contribution >= 0.6 is 11.8 Å². The van der Waals surface area contributed by atoms with Crippen LogP contribution in [0.25, 0.3) is 0 Å². The summed E-state index contributed by atoms with van der Waals surface area (Å²) in [5, 5.41) is 5.55. The molecule has 0 fully saturated rings. The zero-order chi connectivity index (χ0) is 19.5. The lowest BCUT2D eigenvalue weighted by Crippen LogP contribution is -2.50. The summed E-state index contributed by atoms with van der Waals surface area (Å²) in [6, 6.07) is 18.8. The Labute approximate surface area is 164 Å². The molecule has 0 aliphatic rings. The van der Waals surface area contributed by atoms with Crippen molar-refractivity contribution >= 4 is 23.8 Å². The van der Waals surface area contributed by atoms with Crippen LogP contribution in [0.3, 0.4) is 0 Å². The first-order valence-corrected chi connectivity index (χ1v) is 9.97. The van der Waals surface area contributed by atoms with Crippen molar-refractivity contribution < 1.29 is 14.3 Å². The van der Waals surface area contributed by atoms with Crippen molar-refractivity contribution in [1.29, 1.82) is 0 Å². The molecule has 0 aromatic heterocycles. The molecule has 1 atom stereocenters. The van der Waals surface area contributed by atoms with Crippen molar-refractivity contribution in [2.24, 2.45) is 5.92 Å². The number of amides is 2. The van der Waals surface area contributed by atoms with Crippen LogP contribution in [0.2, 0.25) is 0 Å². The predicted molar refractivity (Wildman–Crippen MR) is 109 cm³/mol. The molecular formula is C21H26N2O3S. The van der Waals surface area contributed by atoms with Crippen LogP contribution in [0.5, 0.6) is 0 Å². The van der Waals surface area contributed by atoms with Crippen molar-refractivity contribution in [2.75, 3.05) is 12.3 Å². The Morgan fingerprint density at radius 2 is 1.63 bits per heavy atom. The normalized spacial score (nSPS) is 11.7. The molecule has 0 radical (unpaired) electrons. The van der Waals surface area contributed by atoms with Gasteiger partial charge < -0.3 is 15.4 Å². The van der Waals surface area contributed by atoms with Gasteiger partial charge in [0.1, 0.15) is 12.6 Å². The third-order valence-electron chi connectivity index (χ3n) is 3.85. The first kappa shape index (κ1) is 20.8. The summed E-state index contributed by atoms with van der Waals surface area (Å²) in [6.45, 7) is 4.48.